The highest BCUT2D eigenvalue weighted by molar-refractivity contribution is 5.41. The van der Waals surface area contributed by atoms with Crippen molar-refractivity contribution in [3.05, 3.63) is 39.9 Å². The van der Waals surface area contributed by atoms with Crippen LogP contribution in [0.1, 0.15) is 45.2 Å². The zero-order valence-electron chi connectivity index (χ0n) is 11.8. The standard InChI is InChI=1S/C15H22N2O2/c1-10-8-9-14(11(10)2)16-12(3)13-6-4-5-7-15(13)17(18)19/h4-7,10-12,14,16H,8-9H2,1-3H3. The Morgan fingerprint density at radius 3 is 2.58 bits per heavy atom. The maximum atomic E-state index is 11.1. The Morgan fingerprint density at radius 1 is 1.32 bits per heavy atom. The Labute approximate surface area is 114 Å². The number of benzene rings is 1. The van der Waals surface area contributed by atoms with Gasteiger partial charge >= 0.3 is 0 Å². The van der Waals surface area contributed by atoms with Crippen molar-refractivity contribution in [1.29, 1.82) is 0 Å². The molecule has 0 radical (unpaired) electrons. The maximum Gasteiger partial charge on any atom is 0.274 e. The van der Waals surface area contributed by atoms with Gasteiger partial charge in [-0.15, -0.1) is 0 Å². The average Bonchev–Trinajstić information content (AvgIpc) is 2.70. The molecule has 4 heteroatoms. The van der Waals surface area contributed by atoms with Gasteiger partial charge in [0.25, 0.3) is 5.69 Å². The monoisotopic (exact) mass is 262 g/mol. The maximum absolute atomic E-state index is 11.1. The quantitative estimate of drug-likeness (QED) is 0.665. The van der Waals surface area contributed by atoms with Gasteiger partial charge in [0.2, 0.25) is 0 Å². The summed E-state index contributed by atoms with van der Waals surface area (Å²) in [6.07, 6.45) is 2.40. The van der Waals surface area contributed by atoms with E-state index < -0.39 is 0 Å². The summed E-state index contributed by atoms with van der Waals surface area (Å²) in [7, 11) is 0. The number of nitrogens with zero attached hydrogens (tertiary/aromatic N) is 1. The summed E-state index contributed by atoms with van der Waals surface area (Å²) in [4.78, 5) is 10.8. The molecule has 4 nitrogen and oxygen atoms in total. The van der Waals surface area contributed by atoms with E-state index in [4.69, 9.17) is 0 Å². The first-order chi connectivity index (χ1) is 9.00. The van der Waals surface area contributed by atoms with Gasteiger partial charge in [-0.1, -0.05) is 32.0 Å². The first kappa shape index (κ1) is 14.0. The Bertz CT molecular complexity index is 461. The molecule has 4 atom stereocenters. The third-order valence-electron chi connectivity index (χ3n) is 4.53. The molecular weight excluding hydrogens is 240 g/mol. The molecule has 4 unspecified atom stereocenters. The summed E-state index contributed by atoms with van der Waals surface area (Å²) in [5.74, 6) is 1.36. The topological polar surface area (TPSA) is 55.2 Å². The molecule has 0 amide bonds. The highest BCUT2D eigenvalue weighted by atomic mass is 16.6. The van der Waals surface area contributed by atoms with Gasteiger partial charge in [-0.05, 0) is 31.6 Å². The molecule has 104 valence electrons. The van der Waals surface area contributed by atoms with E-state index >= 15 is 0 Å². The second-order valence-corrected chi connectivity index (χ2v) is 5.72. The van der Waals surface area contributed by atoms with E-state index in [-0.39, 0.29) is 16.7 Å². The van der Waals surface area contributed by atoms with E-state index in [1.54, 1.807) is 12.1 Å². The van der Waals surface area contributed by atoms with Crippen molar-refractivity contribution in [2.75, 3.05) is 0 Å². The molecular formula is C15H22N2O2. The molecule has 1 fully saturated rings. The fourth-order valence-electron chi connectivity index (χ4n) is 3.03. The van der Waals surface area contributed by atoms with Crippen LogP contribution in [0.15, 0.2) is 24.3 Å². The van der Waals surface area contributed by atoms with Crippen LogP contribution in [0, 0.1) is 22.0 Å². The fraction of sp³-hybridized carbons (Fsp3) is 0.600. The van der Waals surface area contributed by atoms with Crippen LogP contribution in [0.25, 0.3) is 0 Å². The lowest BCUT2D eigenvalue weighted by Gasteiger charge is -2.24. The predicted octanol–water partition coefficient (Wildman–Crippen LogP) is 3.68. The van der Waals surface area contributed by atoms with Crippen molar-refractivity contribution in [1.82, 2.24) is 5.32 Å². The second kappa shape index (κ2) is 5.70. The summed E-state index contributed by atoms with van der Waals surface area (Å²) >= 11 is 0. The molecule has 0 heterocycles. The third-order valence-corrected chi connectivity index (χ3v) is 4.53. The molecule has 1 aliphatic rings. The first-order valence-electron chi connectivity index (χ1n) is 7.00. The molecule has 0 aromatic heterocycles. The number of nitrogens with one attached hydrogen (secondary N) is 1. The summed E-state index contributed by atoms with van der Waals surface area (Å²) in [5.41, 5.74) is 0.987. The molecule has 0 aliphatic heterocycles. The summed E-state index contributed by atoms with van der Waals surface area (Å²) in [5, 5.41) is 14.6. The largest absolute Gasteiger partial charge is 0.307 e. The molecule has 0 saturated heterocycles. The van der Waals surface area contributed by atoms with Gasteiger partial charge < -0.3 is 5.32 Å². The van der Waals surface area contributed by atoms with Gasteiger partial charge in [-0.2, -0.15) is 0 Å². The number of rotatable bonds is 4. The van der Waals surface area contributed by atoms with Crippen LogP contribution in [-0.4, -0.2) is 11.0 Å². The molecule has 1 saturated carbocycles. The molecule has 1 N–H and O–H groups in total. The lowest BCUT2D eigenvalue weighted by atomic mass is 9.96. The molecule has 1 aliphatic carbocycles. The highest BCUT2D eigenvalue weighted by Crippen LogP contribution is 2.33. The predicted molar refractivity (Wildman–Crippen MR) is 76.0 cm³/mol. The molecule has 1 aromatic carbocycles. The summed E-state index contributed by atoms with van der Waals surface area (Å²) in [6, 6.07) is 7.48. The average molecular weight is 262 g/mol. The zero-order chi connectivity index (χ0) is 14.0. The minimum absolute atomic E-state index is 0.0133. The first-order valence-corrected chi connectivity index (χ1v) is 7.00. The Morgan fingerprint density at radius 2 is 2.00 bits per heavy atom. The van der Waals surface area contributed by atoms with Crippen LogP contribution in [-0.2, 0) is 0 Å². The number of para-hydroxylation sites is 1. The lowest BCUT2D eigenvalue weighted by Crippen LogP contribution is -2.34. The van der Waals surface area contributed by atoms with E-state index in [0.717, 1.165) is 17.9 Å². The van der Waals surface area contributed by atoms with Crippen LogP contribution in [0.2, 0.25) is 0 Å². The van der Waals surface area contributed by atoms with Gasteiger partial charge in [0.05, 0.1) is 4.92 Å². The van der Waals surface area contributed by atoms with Crippen LogP contribution in [0.5, 0.6) is 0 Å². The second-order valence-electron chi connectivity index (χ2n) is 5.72. The van der Waals surface area contributed by atoms with Crippen LogP contribution >= 0.6 is 0 Å². The number of nitro groups is 1. The highest BCUT2D eigenvalue weighted by Gasteiger charge is 2.31. The van der Waals surface area contributed by atoms with E-state index in [1.165, 1.54) is 6.42 Å². The molecule has 0 spiro atoms. The van der Waals surface area contributed by atoms with Crippen molar-refractivity contribution in [2.24, 2.45) is 11.8 Å². The Kier molecular flexibility index (Phi) is 4.20. The van der Waals surface area contributed by atoms with Gasteiger partial charge in [0.1, 0.15) is 0 Å². The smallest absolute Gasteiger partial charge is 0.274 e. The third kappa shape index (κ3) is 2.95. The van der Waals surface area contributed by atoms with Gasteiger partial charge in [0, 0.05) is 23.7 Å². The molecule has 19 heavy (non-hydrogen) atoms. The fourth-order valence-corrected chi connectivity index (χ4v) is 3.03. The normalized spacial score (nSPS) is 28.3. The van der Waals surface area contributed by atoms with Crippen molar-refractivity contribution in [2.45, 2.75) is 45.7 Å². The van der Waals surface area contributed by atoms with Gasteiger partial charge in [-0.3, -0.25) is 10.1 Å². The summed E-state index contributed by atoms with van der Waals surface area (Å²) in [6.45, 7) is 6.56. The van der Waals surface area contributed by atoms with Crippen LogP contribution in [0.3, 0.4) is 0 Å². The molecule has 0 bridgehead atoms. The van der Waals surface area contributed by atoms with Gasteiger partial charge in [-0.25, -0.2) is 0 Å². The van der Waals surface area contributed by atoms with E-state index in [2.05, 4.69) is 19.2 Å². The number of hydrogen-bond acceptors (Lipinski definition) is 3. The lowest BCUT2D eigenvalue weighted by molar-refractivity contribution is -0.385. The van der Waals surface area contributed by atoms with Gasteiger partial charge in [0.15, 0.2) is 0 Å². The van der Waals surface area contributed by atoms with E-state index in [1.807, 2.05) is 19.1 Å². The zero-order valence-corrected chi connectivity index (χ0v) is 11.8. The number of nitro benzene ring substituents is 1. The minimum Gasteiger partial charge on any atom is -0.307 e. The van der Waals surface area contributed by atoms with Crippen molar-refractivity contribution in [3.63, 3.8) is 0 Å². The van der Waals surface area contributed by atoms with E-state index in [0.29, 0.717) is 12.0 Å². The molecule has 2 rings (SSSR count). The number of hydrogen-bond donors (Lipinski definition) is 1. The minimum atomic E-state index is -0.297. The van der Waals surface area contributed by atoms with E-state index in [9.17, 15) is 10.1 Å². The van der Waals surface area contributed by atoms with Crippen molar-refractivity contribution < 1.29 is 4.92 Å². The van der Waals surface area contributed by atoms with Crippen molar-refractivity contribution in [3.8, 4) is 0 Å². The Balaban J connectivity index is 2.12. The molecule has 1 aromatic rings. The van der Waals surface area contributed by atoms with Crippen LogP contribution in [0.4, 0.5) is 5.69 Å². The van der Waals surface area contributed by atoms with Crippen LogP contribution < -0.4 is 5.32 Å². The summed E-state index contributed by atoms with van der Waals surface area (Å²) < 4.78 is 0. The Hall–Kier alpha value is -1.42. The van der Waals surface area contributed by atoms with Crippen molar-refractivity contribution >= 4 is 5.69 Å². The SMILES string of the molecule is CC(NC1CCC(C)C1C)c1ccccc1[N+](=O)[O-].